The molecule has 0 aliphatic rings. The van der Waals surface area contributed by atoms with Crippen LogP contribution in [0.3, 0.4) is 0 Å². The van der Waals surface area contributed by atoms with E-state index in [-0.39, 0.29) is 0 Å². The topological polar surface area (TPSA) is 15.8 Å². The number of rotatable bonds is 3. The van der Waals surface area contributed by atoms with Gasteiger partial charge in [-0.1, -0.05) is 103 Å². The Labute approximate surface area is 165 Å². The van der Waals surface area contributed by atoms with Gasteiger partial charge in [-0.15, -0.1) is 0 Å². The highest BCUT2D eigenvalue weighted by molar-refractivity contribution is 6.06. The van der Waals surface area contributed by atoms with Crippen molar-refractivity contribution < 1.29 is 0 Å². The Bertz CT molecular complexity index is 1240. The lowest BCUT2D eigenvalue weighted by molar-refractivity contribution is 1.45. The van der Waals surface area contributed by atoms with Crippen LogP contribution in [0, 0.1) is 6.92 Å². The Balaban J connectivity index is 1.82. The van der Waals surface area contributed by atoms with Gasteiger partial charge in [0.15, 0.2) is 0 Å². The summed E-state index contributed by atoms with van der Waals surface area (Å²) in [7, 11) is 0. The maximum Gasteiger partial charge on any atom is 0.0544 e. The number of aromatic amines is 1. The molecule has 28 heavy (non-hydrogen) atoms. The fourth-order valence-electron chi connectivity index (χ4n) is 3.93. The van der Waals surface area contributed by atoms with Crippen LogP contribution in [0.1, 0.15) is 5.56 Å². The zero-order chi connectivity index (χ0) is 18.9. The van der Waals surface area contributed by atoms with Gasteiger partial charge in [0.2, 0.25) is 0 Å². The highest BCUT2D eigenvalue weighted by Crippen LogP contribution is 2.42. The number of benzene rings is 4. The minimum Gasteiger partial charge on any atom is -0.354 e. The molecule has 1 N–H and O–H groups in total. The summed E-state index contributed by atoms with van der Waals surface area (Å²) in [5, 5.41) is 1.25. The molecule has 0 saturated heterocycles. The largest absolute Gasteiger partial charge is 0.354 e. The molecule has 0 spiro atoms. The Morgan fingerprint density at radius 2 is 1.18 bits per heavy atom. The lowest BCUT2D eigenvalue weighted by Gasteiger charge is -2.12. The van der Waals surface area contributed by atoms with E-state index in [0.717, 1.165) is 5.52 Å². The quantitative estimate of drug-likeness (QED) is 0.344. The molecule has 4 aromatic carbocycles. The number of H-pyrrole nitrogens is 1. The van der Waals surface area contributed by atoms with Crippen molar-refractivity contribution in [2.75, 3.05) is 0 Å². The summed E-state index contributed by atoms with van der Waals surface area (Å²) in [6.07, 6.45) is 0. The lowest BCUT2D eigenvalue weighted by atomic mass is 9.91. The monoisotopic (exact) mass is 359 g/mol. The second-order valence-electron chi connectivity index (χ2n) is 7.20. The summed E-state index contributed by atoms with van der Waals surface area (Å²) in [4.78, 5) is 3.67. The van der Waals surface area contributed by atoms with Crippen LogP contribution in [0.25, 0.3) is 44.4 Å². The predicted molar refractivity (Wildman–Crippen MR) is 119 cm³/mol. The van der Waals surface area contributed by atoms with Crippen LogP contribution in [0.15, 0.2) is 103 Å². The fourth-order valence-corrected chi connectivity index (χ4v) is 3.93. The maximum absolute atomic E-state index is 3.67. The van der Waals surface area contributed by atoms with Crippen molar-refractivity contribution in [2.24, 2.45) is 0 Å². The molecule has 1 aromatic heterocycles. The van der Waals surface area contributed by atoms with Crippen molar-refractivity contribution in [3.8, 4) is 33.5 Å². The number of aryl methyl sites for hydroxylation is 1. The molecule has 0 radical (unpaired) electrons. The first-order valence-electron chi connectivity index (χ1n) is 9.64. The molecule has 0 atom stereocenters. The van der Waals surface area contributed by atoms with Crippen molar-refractivity contribution in [3.63, 3.8) is 0 Å². The maximum atomic E-state index is 3.67. The number of para-hydroxylation sites is 1. The Kier molecular flexibility index (Phi) is 4.06. The highest BCUT2D eigenvalue weighted by Gasteiger charge is 2.17. The first kappa shape index (κ1) is 16.6. The summed E-state index contributed by atoms with van der Waals surface area (Å²) >= 11 is 0. The smallest absolute Gasteiger partial charge is 0.0544 e. The van der Waals surface area contributed by atoms with Crippen molar-refractivity contribution >= 4 is 10.9 Å². The van der Waals surface area contributed by atoms with Crippen molar-refractivity contribution in [1.29, 1.82) is 0 Å². The molecule has 0 saturated carbocycles. The molecule has 1 nitrogen and oxygen atoms in total. The normalized spacial score (nSPS) is 11.0. The second-order valence-corrected chi connectivity index (χ2v) is 7.20. The van der Waals surface area contributed by atoms with E-state index in [0.29, 0.717) is 0 Å². The molecular formula is C27H21N. The van der Waals surface area contributed by atoms with Crippen LogP contribution in [0.4, 0.5) is 0 Å². The number of aromatic nitrogens is 1. The average Bonchev–Trinajstić information content (AvgIpc) is 3.14. The lowest BCUT2D eigenvalue weighted by Crippen LogP contribution is -1.87. The first-order valence-corrected chi connectivity index (χ1v) is 9.64. The van der Waals surface area contributed by atoms with Gasteiger partial charge in [0.25, 0.3) is 0 Å². The number of nitrogens with one attached hydrogen (secondary N) is 1. The summed E-state index contributed by atoms with van der Waals surface area (Å²) < 4.78 is 0. The summed E-state index contributed by atoms with van der Waals surface area (Å²) in [5.74, 6) is 0. The van der Waals surface area contributed by atoms with E-state index >= 15 is 0 Å². The van der Waals surface area contributed by atoms with Crippen LogP contribution in [-0.4, -0.2) is 4.98 Å². The Hall–Kier alpha value is -3.58. The second kappa shape index (κ2) is 6.86. The minimum atomic E-state index is 1.16. The van der Waals surface area contributed by atoms with Gasteiger partial charge in [-0.3, -0.25) is 0 Å². The van der Waals surface area contributed by atoms with E-state index in [1.54, 1.807) is 0 Å². The summed E-state index contributed by atoms with van der Waals surface area (Å²) in [6.45, 7) is 2.13. The molecule has 1 heterocycles. The predicted octanol–water partition coefficient (Wildman–Crippen LogP) is 7.48. The van der Waals surface area contributed by atoms with Crippen molar-refractivity contribution in [3.05, 3.63) is 109 Å². The number of hydrogen-bond donors (Lipinski definition) is 1. The first-order chi connectivity index (χ1) is 13.8. The molecule has 5 rings (SSSR count). The summed E-state index contributed by atoms with van der Waals surface area (Å²) in [5.41, 5.74) is 9.82. The van der Waals surface area contributed by atoms with Crippen LogP contribution < -0.4 is 0 Å². The average molecular weight is 359 g/mol. The van der Waals surface area contributed by atoms with Gasteiger partial charge in [0.05, 0.1) is 5.69 Å². The standard InChI is InChI=1S/C27H21N/c1-19-15-17-20(18-16-19)22-11-5-6-12-23(22)26-24-13-7-8-14-25(24)28-27(26)21-9-3-2-4-10-21/h2-18,28H,1H3. The highest BCUT2D eigenvalue weighted by atomic mass is 14.7. The van der Waals surface area contributed by atoms with Gasteiger partial charge < -0.3 is 4.98 Å². The van der Waals surface area contributed by atoms with E-state index in [4.69, 9.17) is 0 Å². The molecule has 0 amide bonds. The van der Waals surface area contributed by atoms with Gasteiger partial charge >= 0.3 is 0 Å². The molecule has 0 aliphatic heterocycles. The van der Waals surface area contributed by atoms with Gasteiger partial charge in [-0.2, -0.15) is 0 Å². The number of hydrogen-bond acceptors (Lipinski definition) is 0. The van der Waals surface area contributed by atoms with E-state index in [1.165, 1.54) is 44.5 Å². The summed E-state index contributed by atoms with van der Waals surface area (Å²) in [6, 6.07) is 36.6. The van der Waals surface area contributed by atoms with Gasteiger partial charge in [-0.25, -0.2) is 0 Å². The third kappa shape index (κ3) is 2.82. The Morgan fingerprint density at radius 3 is 1.96 bits per heavy atom. The molecular weight excluding hydrogens is 338 g/mol. The van der Waals surface area contributed by atoms with Gasteiger partial charge in [0.1, 0.15) is 0 Å². The van der Waals surface area contributed by atoms with Crippen LogP contribution >= 0.6 is 0 Å². The molecule has 1 heteroatoms. The molecule has 134 valence electrons. The number of fused-ring (bicyclic) bond motifs is 1. The zero-order valence-electron chi connectivity index (χ0n) is 15.8. The van der Waals surface area contributed by atoms with Crippen molar-refractivity contribution in [1.82, 2.24) is 4.98 Å². The van der Waals surface area contributed by atoms with E-state index in [9.17, 15) is 0 Å². The van der Waals surface area contributed by atoms with Crippen LogP contribution in [0.5, 0.6) is 0 Å². The molecule has 5 aromatic rings. The minimum absolute atomic E-state index is 1.16. The SMILES string of the molecule is Cc1ccc(-c2ccccc2-c2c(-c3ccccc3)[nH]c3ccccc23)cc1. The van der Waals surface area contributed by atoms with E-state index < -0.39 is 0 Å². The Morgan fingerprint density at radius 1 is 0.536 bits per heavy atom. The third-order valence-corrected chi connectivity index (χ3v) is 5.33. The zero-order valence-corrected chi connectivity index (χ0v) is 15.8. The van der Waals surface area contributed by atoms with Gasteiger partial charge in [0, 0.05) is 16.5 Å². The van der Waals surface area contributed by atoms with Gasteiger partial charge in [-0.05, 0) is 35.2 Å². The van der Waals surface area contributed by atoms with Crippen LogP contribution in [-0.2, 0) is 0 Å². The molecule has 0 unspecified atom stereocenters. The van der Waals surface area contributed by atoms with E-state index in [2.05, 4.69) is 115 Å². The molecule has 0 fully saturated rings. The van der Waals surface area contributed by atoms with Crippen LogP contribution in [0.2, 0.25) is 0 Å². The fraction of sp³-hybridized carbons (Fsp3) is 0.0370. The van der Waals surface area contributed by atoms with Crippen molar-refractivity contribution in [2.45, 2.75) is 6.92 Å². The molecule has 0 bridgehead atoms. The third-order valence-electron chi connectivity index (χ3n) is 5.33. The van der Waals surface area contributed by atoms with E-state index in [1.807, 2.05) is 0 Å². The molecule has 0 aliphatic carbocycles.